The molecule has 5 heteroatoms. The zero-order chi connectivity index (χ0) is 16.1. The van der Waals surface area contributed by atoms with E-state index in [0.29, 0.717) is 12.0 Å². The Labute approximate surface area is 122 Å². The summed E-state index contributed by atoms with van der Waals surface area (Å²) in [6, 6.07) is 4.93. The van der Waals surface area contributed by atoms with Gasteiger partial charge in [0.1, 0.15) is 0 Å². The van der Waals surface area contributed by atoms with Crippen LogP contribution in [0.2, 0.25) is 0 Å². The Balaban J connectivity index is 2.22. The number of hydrogen-bond donors (Lipinski definition) is 1. The fourth-order valence-corrected chi connectivity index (χ4v) is 3.16. The normalized spacial score (nSPS) is 27.8. The van der Waals surface area contributed by atoms with E-state index in [0.717, 1.165) is 12.1 Å². The van der Waals surface area contributed by atoms with E-state index in [9.17, 15) is 18.3 Å². The molecule has 0 saturated carbocycles. The minimum atomic E-state index is -4.34. The van der Waals surface area contributed by atoms with Crippen molar-refractivity contribution in [3.05, 3.63) is 35.4 Å². The summed E-state index contributed by atoms with van der Waals surface area (Å²) in [5, 5.41) is 10.9. The van der Waals surface area contributed by atoms with E-state index in [2.05, 4.69) is 0 Å². The lowest BCUT2D eigenvalue weighted by atomic mass is 9.78. The summed E-state index contributed by atoms with van der Waals surface area (Å²) in [7, 11) is 0. The molecule has 1 aromatic rings. The van der Waals surface area contributed by atoms with Gasteiger partial charge in [-0.25, -0.2) is 0 Å². The third-order valence-electron chi connectivity index (χ3n) is 4.15. The van der Waals surface area contributed by atoms with Gasteiger partial charge in [-0.3, -0.25) is 0 Å². The van der Waals surface area contributed by atoms with Crippen molar-refractivity contribution in [2.45, 2.75) is 63.5 Å². The van der Waals surface area contributed by atoms with Crippen LogP contribution in [0.15, 0.2) is 24.3 Å². The fraction of sp³-hybridized carbons (Fsp3) is 0.625. The number of aliphatic hydroxyl groups is 1. The molecule has 1 heterocycles. The van der Waals surface area contributed by atoms with E-state index in [-0.39, 0.29) is 6.42 Å². The average molecular weight is 302 g/mol. The van der Waals surface area contributed by atoms with E-state index in [4.69, 9.17) is 4.74 Å². The Hall–Kier alpha value is -1.07. The zero-order valence-corrected chi connectivity index (χ0v) is 12.7. The van der Waals surface area contributed by atoms with Crippen LogP contribution in [0, 0.1) is 0 Å². The highest BCUT2D eigenvalue weighted by atomic mass is 19.4. The van der Waals surface area contributed by atoms with Gasteiger partial charge in [-0.1, -0.05) is 12.1 Å². The third-order valence-corrected chi connectivity index (χ3v) is 4.15. The van der Waals surface area contributed by atoms with E-state index in [1.54, 1.807) is 0 Å². The first-order chi connectivity index (χ1) is 9.35. The molecular weight excluding hydrogens is 281 g/mol. The van der Waals surface area contributed by atoms with Crippen molar-refractivity contribution in [2.75, 3.05) is 0 Å². The Morgan fingerprint density at radius 3 is 2.00 bits per heavy atom. The van der Waals surface area contributed by atoms with Gasteiger partial charge in [0, 0.05) is 12.8 Å². The molecule has 21 heavy (non-hydrogen) atoms. The summed E-state index contributed by atoms with van der Waals surface area (Å²) in [5.41, 5.74) is -2.32. The van der Waals surface area contributed by atoms with Crippen molar-refractivity contribution < 1.29 is 23.0 Å². The second kappa shape index (κ2) is 4.71. The number of alkyl halides is 3. The van der Waals surface area contributed by atoms with Gasteiger partial charge in [0.15, 0.2) is 0 Å². The van der Waals surface area contributed by atoms with Crippen LogP contribution in [0.5, 0.6) is 0 Å². The summed E-state index contributed by atoms with van der Waals surface area (Å²) >= 11 is 0. The lowest BCUT2D eigenvalue weighted by molar-refractivity contribution is -0.137. The van der Waals surface area contributed by atoms with Gasteiger partial charge in [0.2, 0.25) is 0 Å². The van der Waals surface area contributed by atoms with Gasteiger partial charge < -0.3 is 9.84 Å². The number of benzene rings is 1. The average Bonchev–Trinajstić information content (AvgIpc) is 2.41. The smallest absolute Gasteiger partial charge is 0.386 e. The summed E-state index contributed by atoms with van der Waals surface area (Å²) in [4.78, 5) is 0. The minimum absolute atomic E-state index is 0.265. The molecule has 0 bridgehead atoms. The fourth-order valence-electron chi connectivity index (χ4n) is 3.16. The van der Waals surface area contributed by atoms with Crippen molar-refractivity contribution in [3.8, 4) is 0 Å². The van der Waals surface area contributed by atoms with Crippen molar-refractivity contribution in [2.24, 2.45) is 0 Å². The second-order valence-corrected chi connectivity index (χ2v) is 6.95. The summed E-state index contributed by atoms with van der Waals surface area (Å²) in [6.45, 7) is 7.43. The van der Waals surface area contributed by atoms with Crippen LogP contribution in [0.4, 0.5) is 13.2 Å². The van der Waals surface area contributed by atoms with Gasteiger partial charge in [0.05, 0.1) is 22.4 Å². The molecule has 1 N–H and O–H groups in total. The molecule has 1 unspecified atom stereocenters. The van der Waals surface area contributed by atoms with Crippen LogP contribution in [0.3, 0.4) is 0 Å². The molecule has 1 aliphatic heterocycles. The Bertz CT molecular complexity index is 517. The monoisotopic (exact) mass is 302 g/mol. The molecule has 2 nitrogen and oxygen atoms in total. The van der Waals surface area contributed by atoms with Gasteiger partial charge in [-0.05, 0) is 45.4 Å². The van der Waals surface area contributed by atoms with Crippen molar-refractivity contribution >= 4 is 0 Å². The highest BCUT2D eigenvalue weighted by molar-refractivity contribution is 5.27. The van der Waals surface area contributed by atoms with Crippen molar-refractivity contribution in [1.29, 1.82) is 0 Å². The Kier molecular flexibility index (Phi) is 3.66. The van der Waals surface area contributed by atoms with Crippen LogP contribution >= 0.6 is 0 Å². The summed E-state index contributed by atoms with van der Waals surface area (Å²) < 4.78 is 43.5. The highest BCUT2D eigenvalue weighted by Gasteiger charge is 2.56. The minimum Gasteiger partial charge on any atom is -0.386 e. The topological polar surface area (TPSA) is 29.5 Å². The van der Waals surface area contributed by atoms with E-state index in [1.807, 2.05) is 27.7 Å². The maximum Gasteiger partial charge on any atom is 0.416 e. The molecule has 1 aliphatic rings. The first kappa shape index (κ1) is 16.3. The highest BCUT2D eigenvalue weighted by Crippen LogP contribution is 2.46. The van der Waals surface area contributed by atoms with Crippen LogP contribution < -0.4 is 0 Å². The SMILES string of the molecule is CC1(C)CC(O)(Cc2ccc(C(F)(F)F)cc2)C(C)(C)O1. The molecule has 1 saturated heterocycles. The molecular formula is C16H21F3O2. The van der Waals surface area contributed by atoms with Crippen LogP contribution in [0.1, 0.15) is 45.2 Å². The standard InChI is InChI=1S/C16H21F3O2/c1-13(2)10-15(20,14(3,4)21-13)9-11-5-7-12(8-6-11)16(17,18)19/h5-8,20H,9-10H2,1-4H3. The quantitative estimate of drug-likeness (QED) is 0.896. The maximum atomic E-state index is 12.6. The van der Waals surface area contributed by atoms with E-state index in [1.165, 1.54) is 12.1 Å². The molecule has 1 aromatic carbocycles. The predicted octanol–water partition coefficient (Wildman–Crippen LogP) is 3.96. The number of rotatable bonds is 2. The number of hydrogen-bond acceptors (Lipinski definition) is 2. The molecule has 0 radical (unpaired) electrons. The van der Waals surface area contributed by atoms with Gasteiger partial charge in [-0.15, -0.1) is 0 Å². The summed E-state index contributed by atoms with van der Waals surface area (Å²) in [5.74, 6) is 0. The maximum absolute atomic E-state index is 12.6. The second-order valence-electron chi connectivity index (χ2n) is 6.95. The molecule has 0 aliphatic carbocycles. The van der Waals surface area contributed by atoms with Crippen LogP contribution in [0.25, 0.3) is 0 Å². The van der Waals surface area contributed by atoms with Gasteiger partial charge >= 0.3 is 6.18 Å². The van der Waals surface area contributed by atoms with E-state index < -0.39 is 28.5 Å². The molecule has 0 aromatic heterocycles. The predicted molar refractivity (Wildman–Crippen MR) is 74.0 cm³/mol. The Morgan fingerprint density at radius 1 is 1.10 bits per heavy atom. The molecule has 1 atom stereocenters. The molecule has 1 fully saturated rings. The van der Waals surface area contributed by atoms with Crippen molar-refractivity contribution in [3.63, 3.8) is 0 Å². The lowest BCUT2D eigenvalue weighted by Crippen LogP contribution is -2.48. The number of halogens is 3. The largest absolute Gasteiger partial charge is 0.416 e. The van der Waals surface area contributed by atoms with Crippen molar-refractivity contribution in [1.82, 2.24) is 0 Å². The molecule has 2 rings (SSSR count). The molecule has 118 valence electrons. The van der Waals surface area contributed by atoms with Gasteiger partial charge in [0.25, 0.3) is 0 Å². The Morgan fingerprint density at radius 2 is 1.62 bits per heavy atom. The lowest BCUT2D eigenvalue weighted by Gasteiger charge is -2.35. The summed E-state index contributed by atoms with van der Waals surface area (Å²) in [6.07, 6.45) is -3.64. The van der Waals surface area contributed by atoms with E-state index >= 15 is 0 Å². The first-order valence-corrected chi connectivity index (χ1v) is 6.93. The zero-order valence-electron chi connectivity index (χ0n) is 12.7. The van der Waals surface area contributed by atoms with Crippen LogP contribution in [-0.2, 0) is 17.3 Å². The first-order valence-electron chi connectivity index (χ1n) is 6.93. The number of ether oxygens (including phenoxy) is 1. The van der Waals surface area contributed by atoms with Crippen LogP contribution in [-0.4, -0.2) is 21.9 Å². The third kappa shape index (κ3) is 3.24. The molecule has 0 spiro atoms. The molecule has 0 amide bonds. The van der Waals surface area contributed by atoms with Gasteiger partial charge in [-0.2, -0.15) is 13.2 Å².